The van der Waals surface area contributed by atoms with Crippen molar-refractivity contribution in [2.24, 2.45) is 0 Å². The number of aryl methyl sites for hydroxylation is 1. The van der Waals surface area contributed by atoms with Gasteiger partial charge in [-0.15, -0.1) is 0 Å². The standard InChI is InChI=1S/C15H22BO2S/c1-6-15(5,19)14(3,4)18-16-13-9-12(10-17)8-7-11(13)2/h7-10,19H,6H2,1-5H3. The van der Waals surface area contributed by atoms with Gasteiger partial charge in [-0.1, -0.05) is 30.7 Å². The Kier molecular flexibility index (Phi) is 5.28. The van der Waals surface area contributed by atoms with E-state index in [-0.39, 0.29) is 4.75 Å². The molecule has 103 valence electrons. The normalized spacial score (nSPS) is 14.8. The molecule has 2 nitrogen and oxygen atoms in total. The lowest BCUT2D eigenvalue weighted by molar-refractivity contribution is 0.0764. The van der Waals surface area contributed by atoms with E-state index in [4.69, 9.17) is 4.65 Å². The molecule has 0 aliphatic heterocycles. The summed E-state index contributed by atoms with van der Waals surface area (Å²) in [6, 6.07) is 5.56. The lowest BCUT2D eigenvalue weighted by Crippen LogP contribution is -2.47. The molecule has 0 amide bonds. The van der Waals surface area contributed by atoms with Crippen molar-refractivity contribution in [1.29, 1.82) is 0 Å². The summed E-state index contributed by atoms with van der Waals surface area (Å²) < 4.78 is 5.71. The van der Waals surface area contributed by atoms with Crippen LogP contribution < -0.4 is 5.46 Å². The molecule has 0 bridgehead atoms. The predicted octanol–water partition coefficient (Wildman–Crippen LogP) is 2.95. The zero-order valence-corrected chi connectivity index (χ0v) is 13.3. The molecular formula is C15H22BO2S. The van der Waals surface area contributed by atoms with Crippen LogP contribution in [0.1, 0.15) is 50.0 Å². The van der Waals surface area contributed by atoms with Crippen LogP contribution in [0.5, 0.6) is 0 Å². The molecule has 0 spiro atoms. The Bertz CT molecular complexity index is 455. The van der Waals surface area contributed by atoms with Gasteiger partial charge in [-0.2, -0.15) is 12.6 Å². The Morgan fingerprint density at radius 3 is 2.53 bits per heavy atom. The maximum atomic E-state index is 10.8. The number of benzene rings is 1. The fourth-order valence-electron chi connectivity index (χ4n) is 1.62. The fourth-order valence-corrected chi connectivity index (χ4v) is 1.68. The van der Waals surface area contributed by atoms with Gasteiger partial charge in [0.15, 0.2) is 0 Å². The van der Waals surface area contributed by atoms with Gasteiger partial charge in [0.2, 0.25) is 0 Å². The summed E-state index contributed by atoms with van der Waals surface area (Å²) in [5.41, 5.74) is 2.27. The molecule has 1 unspecified atom stereocenters. The van der Waals surface area contributed by atoms with Crippen molar-refractivity contribution in [3.05, 3.63) is 29.3 Å². The average molecular weight is 277 g/mol. The summed E-state index contributed by atoms with van der Waals surface area (Å²) >= 11 is 4.68. The molecule has 1 aromatic carbocycles. The van der Waals surface area contributed by atoms with Gasteiger partial charge >= 0.3 is 7.48 Å². The van der Waals surface area contributed by atoms with E-state index in [0.29, 0.717) is 5.56 Å². The first-order valence-corrected chi connectivity index (χ1v) is 6.97. The summed E-state index contributed by atoms with van der Waals surface area (Å²) in [7, 11) is 1.73. The van der Waals surface area contributed by atoms with Gasteiger partial charge in [0.1, 0.15) is 6.29 Å². The highest BCUT2D eigenvalue weighted by Crippen LogP contribution is 2.34. The molecule has 0 aliphatic carbocycles. The summed E-state index contributed by atoms with van der Waals surface area (Å²) in [6.07, 6.45) is 1.75. The van der Waals surface area contributed by atoms with E-state index in [9.17, 15) is 4.79 Å². The van der Waals surface area contributed by atoms with Crippen LogP contribution in [0.2, 0.25) is 0 Å². The van der Waals surface area contributed by atoms with E-state index in [1.54, 1.807) is 13.5 Å². The topological polar surface area (TPSA) is 26.3 Å². The quantitative estimate of drug-likeness (QED) is 0.491. The average Bonchev–Trinajstić information content (AvgIpc) is 2.37. The molecule has 1 atom stereocenters. The van der Waals surface area contributed by atoms with Crippen LogP contribution in [0.3, 0.4) is 0 Å². The molecule has 1 radical (unpaired) electrons. The van der Waals surface area contributed by atoms with Gasteiger partial charge in [0.25, 0.3) is 0 Å². The number of aldehydes is 1. The summed E-state index contributed by atoms with van der Waals surface area (Å²) in [4.78, 5) is 10.8. The van der Waals surface area contributed by atoms with Gasteiger partial charge in [-0.05, 0) is 39.6 Å². The zero-order chi connectivity index (χ0) is 14.7. The zero-order valence-electron chi connectivity index (χ0n) is 12.4. The third-order valence-electron chi connectivity index (χ3n) is 3.91. The second-order valence-electron chi connectivity index (χ2n) is 5.61. The molecule has 0 fully saturated rings. The third kappa shape index (κ3) is 3.86. The van der Waals surface area contributed by atoms with Crippen LogP contribution in [-0.2, 0) is 4.65 Å². The van der Waals surface area contributed by atoms with Gasteiger partial charge < -0.3 is 4.65 Å². The van der Waals surface area contributed by atoms with Crippen LogP contribution >= 0.6 is 12.6 Å². The van der Waals surface area contributed by atoms with Gasteiger partial charge in [0.05, 0.1) is 5.60 Å². The minimum atomic E-state index is -0.394. The number of carbonyl (C=O) groups excluding carboxylic acids is 1. The Morgan fingerprint density at radius 2 is 2.00 bits per heavy atom. The van der Waals surface area contributed by atoms with E-state index in [0.717, 1.165) is 23.7 Å². The van der Waals surface area contributed by atoms with Crippen molar-refractivity contribution in [1.82, 2.24) is 0 Å². The Labute approximate surface area is 122 Å². The molecule has 0 aliphatic rings. The lowest BCUT2D eigenvalue weighted by Gasteiger charge is -2.40. The number of thiol groups is 1. The van der Waals surface area contributed by atoms with Crippen molar-refractivity contribution in [3.63, 3.8) is 0 Å². The molecule has 1 aromatic rings. The SMILES string of the molecule is CCC(C)(S)C(C)(C)O[B]c1cc(C=O)ccc1C. The molecule has 0 N–H and O–H groups in total. The molecule has 19 heavy (non-hydrogen) atoms. The maximum Gasteiger partial charge on any atom is 0.331 e. The smallest absolute Gasteiger partial charge is 0.331 e. The van der Waals surface area contributed by atoms with E-state index < -0.39 is 5.60 Å². The number of rotatable bonds is 6. The molecule has 1 rings (SSSR count). The van der Waals surface area contributed by atoms with Gasteiger partial charge in [0, 0.05) is 10.3 Å². The predicted molar refractivity (Wildman–Crippen MR) is 84.8 cm³/mol. The second-order valence-corrected chi connectivity index (χ2v) is 6.59. The summed E-state index contributed by atoms with van der Waals surface area (Å²) in [5, 5.41) is 0. The summed E-state index contributed by atoms with van der Waals surface area (Å²) in [6.45, 7) is 10.2. The third-order valence-corrected chi connectivity index (χ3v) is 4.76. The molecule has 4 heteroatoms. The highest BCUT2D eigenvalue weighted by Gasteiger charge is 2.37. The Balaban J connectivity index is 2.84. The van der Waals surface area contributed by atoms with E-state index in [2.05, 4.69) is 26.5 Å². The van der Waals surface area contributed by atoms with Crippen molar-refractivity contribution in [2.75, 3.05) is 0 Å². The van der Waals surface area contributed by atoms with Crippen molar-refractivity contribution >= 4 is 31.9 Å². The Morgan fingerprint density at radius 1 is 1.37 bits per heavy atom. The first-order chi connectivity index (χ1) is 8.73. The summed E-state index contributed by atoms with van der Waals surface area (Å²) in [5.74, 6) is 0. The maximum absolute atomic E-state index is 10.8. The van der Waals surface area contributed by atoms with Crippen LogP contribution in [0.25, 0.3) is 0 Å². The monoisotopic (exact) mass is 277 g/mol. The lowest BCUT2D eigenvalue weighted by atomic mass is 9.80. The first-order valence-electron chi connectivity index (χ1n) is 6.53. The van der Waals surface area contributed by atoms with E-state index in [1.807, 2.05) is 32.9 Å². The van der Waals surface area contributed by atoms with Crippen LogP contribution in [0, 0.1) is 6.92 Å². The van der Waals surface area contributed by atoms with Crippen LogP contribution in [-0.4, -0.2) is 24.1 Å². The molecule has 0 heterocycles. The second kappa shape index (κ2) is 6.14. The number of hydrogen-bond donors (Lipinski definition) is 1. The van der Waals surface area contributed by atoms with Gasteiger partial charge in [-0.25, -0.2) is 0 Å². The van der Waals surface area contributed by atoms with Crippen molar-refractivity contribution in [3.8, 4) is 0 Å². The molecular weight excluding hydrogens is 255 g/mol. The van der Waals surface area contributed by atoms with Crippen LogP contribution in [0.4, 0.5) is 0 Å². The first kappa shape index (κ1) is 16.3. The molecule has 0 saturated carbocycles. The molecule has 0 aromatic heterocycles. The minimum Gasteiger partial charge on any atom is -0.428 e. The van der Waals surface area contributed by atoms with Gasteiger partial charge in [-0.3, -0.25) is 4.79 Å². The van der Waals surface area contributed by atoms with Crippen molar-refractivity contribution < 1.29 is 9.45 Å². The van der Waals surface area contributed by atoms with E-state index in [1.165, 1.54) is 0 Å². The minimum absolute atomic E-state index is 0.223. The number of carbonyl (C=O) groups is 1. The Hall–Kier alpha value is -0.735. The fraction of sp³-hybridized carbons (Fsp3) is 0.533. The largest absolute Gasteiger partial charge is 0.428 e. The van der Waals surface area contributed by atoms with E-state index >= 15 is 0 Å². The highest BCUT2D eigenvalue weighted by molar-refractivity contribution is 7.81. The highest BCUT2D eigenvalue weighted by atomic mass is 32.1. The van der Waals surface area contributed by atoms with Crippen LogP contribution in [0.15, 0.2) is 18.2 Å². The van der Waals surface area contributed by atoms with Crippen molar-refractivity contribution in [2.45, 2.75) is 51.4 Å². The number of hydrogen-bond acceptors (Lipinski definition) is 3. The molecule has 0 saturated heterocycles.